The maximum atomic E-state index is 14.3. The summed E-state index contributed by atoms with van der Waals surface area (Å²) in [5, 5.41) is 5.64. The molecule has 0 amide bonds. The van der Waals surface area contributed by atoms with Crippen LogP contribution < -0.4 is 10.5 Å². The number of nitrogens with zero attached hydrogens (tertiary/aromatic N) is 5. The average molecular weight is 511 g/mol. The Hall–Kier alpha value is -4.37. The summed E-state index contributed by atoms with van der Waals surface area (Å²) in [5.41, 5.74) is 10.4. The van der Waals surface area contributed by atoms with Crippen molar-refractivity contribution in [3.8, 4) is 22.8 Å². The number of nitrogens with two attached hydrogens (primary N) is 1. The zero-order valence-electron chi connectivity index (χ0n) is 20.8. The third-order valence-corrected chi connectivity index (χ3v) is 6.75. The zero-order valence-corrected chi connectivity index (χ0v) is 20.8. The summed E-state index contributed by atoms with van der Waals surface area (Å²) in [6.07, 6.45) is 6.35. The van der Waals surface area contributed by atoms with E-state index >= 15 is 0 Å². The number of anilines is 1. The van der Waals surface area contributed by atoms with E-state index in [-0.39, 0.29) is 11.9 Å². The first kappa shape index (κ1) is 24.0. The van der Waals surface area contributed by atoms with Gasteiger partial charge in [-0.15, -0.1) is 0 Å². The predicted octanol–water partition coefficient (Wildman–Crippen LogP) is 5.54. The molecule has 0 unspecified atom stereocenters. The normalized spacial score (nSPS) is 14.1. The van der Waals surface area contributed by atoms with E-state index in [1.807, 2.05) is 53.2 Å². The molecule has 3 aromatic heterocycles. The van der Waals surface area contributed by atoms with Crippen molar-refractivity contribution in [2.45, 2.75) is 31.7 Å². The van der Waals surface area contributed by atoms with Crippen LogP contribution in [0.1, 0.15) is 30.1 Å². The van der Waals surface area contributed by atoms with Crippen LogP contribution in [-0.2, 0) is 17.6 Å². The van der Waals surface area contributed by atoms with Gasteiger partial charge < -0.3 is 15.2 Å². The number of fused-ring (bicyclic) bond motifs is 1. The molecule has 192 valence electrons. The van der Waals surface area contributed by atoms with Gasteiger partial charge in [-0.3, -0.25) is 4.98 Å². The number of pyridine rings is 1. The fraction of sp³-hybridized carbons (Fsp3) is 0.241. The highest BCUT2D eigenvalue weighted by Gasteiger charge is 2.24. The Morgan fingerprint density at radius 3 is 2.58 bits per heavy atom. The van der Waals surface area contributed by atoms with Crippen LogP contribution in [0.25, 0.3) is 22.3 Å². The lowest BCUT2D eigenvalue weighted by atomic mass is 10.1. The Balaban J connectivity index is 1.24. The molecule has 2 N–H and O–H groups in total. The molecule has 1 fully saturated rings. The van der Waals surface area contributed by atoms with Gasteiger partial charge in [-0.25, -0.2) is 19.0 Å². The van der Waals surface area contributed by atoms with E-state index in [1.165, 1.54) is 18.5 Å². The van der Waals surface area contributed by atoms with Crippen molar-refractivity contribution < 1.29 is 13.9 Å². The molecule has 2 aromatic carbocycles. The van der Waals surface area contributed by atoms with Crippen LogP contribution in [0.2, 0.25) is 0 Å². The second-order valence-electron chi connectivity index (χ2n) is 9.34. The van der Waals surface area contributed by atoms with Gasteiger partial charge in [0, 0.05) is 36.7 Å². The first-order valence-electron chi connectivity index (χ1n) is 12.7. The van der Waals surface area contributed by atoms with Crippen molar-refractivity contribution in [1.29, 1.82) is 0 Å². The molecule has 0 radical (unpaired) electrons. The van der Waals surface area contributed by atoms with E-state index in [0.717, 1.165) is 52.8 Å². The average Bonchev–Trinajstić information content (AvgIpc) is 3.34. The fourth-order valence-electron chi connectivity index (χ4n) is 4.84. The lowest BCUT2D eigenvalue weighted by Gasteiger charge is -2.22. The van der Waals surface area contributed by atoms with Crippen molar-refractivity contribution >= 4 is 16.9 Å². The summed E-state index contributed by atoms with van der Waals surface area (Å²) in [6, 6.07) is 18.3. The second-order valence-corrected chi connectivity index (χ2v) is 9.34. The number of aromatic nitrogens is 5. The van der Waals surface area contributed by atoms with Crippen LogP contribution in [0.15, 0.2) is 73.2 Å². The minimum absolute atomic E-state index is 0.191. The van der Waals surface area contributed by atoms with Gasteiger partial charge in [0.25, 0.3) is 0 Å². The summed E-state index contributed by atoms with van der Waals surface area (Å²) in [5.74, 6) is 1.09. The largest absolute Gasteiger partial charge is 0.457 e. The van der Waals surface area contributed by atoms with Crippen LogP contribution in [0, 0.1) is 5.82 Å². The van der Waals surface area contributed by atoms with Crippen LogP contribution in [0.3, 0.4) is 0 Å². The number of rotatable bonds is 7. The Labute approximate surface area is 219 Å². The number of halogens is 1. The molecule has 0 atom stereocenters. The maximum Gasteiger partial charge on any atom is 0.164 e. The molecule has 0 saturated carbocycles. The molecule has 38 heavy (non-hydrogen) atoms. The first-order valence-corrected chi connectivity index (χ1v) is 12.7. The molecule has 1 aliphatic rings. The topological polar surface area (TPSA) is 101 Å². The molecule has 1 saturated heterocycles. The summed E-state index contributed by atoms with van der Waals surface area (Å²) in [6.45, 7) is 1.39. The van der Waals surface area contributed by atoms with Gasteiger partial charge >= 0.3 is 0 Å². The Bertz CT molecular complexity index is 1550. The highest BCUT2D eigenvalue weighted by atomic mass is 19.1. The van der Waals surface area contributed by atoms with Gasteiger partial charge in [0.2, 0.25) is 0 Å². The molecule has 6 rings (SSSR count). The molecule has 1 aliphatic heterocycles. The lowest BCUT2D eigenvalue weighted by molar-refractivity contribution is 0.0674. The molecular formula is C29H27FN6O2. The second kappa shape index (κ2) is 10.5. The highest BCUT2D eigenvalue weighted by molar-refractivity contribution is 5.98. The van der Waals surface area contributed by atoms with Gasteiger partial charge in [0.05, 0.1) is 11.4 Å². The lowest BCUT2D eigenvalue weighted by Crippen LogP contribution is -2.20. The number of hydrogen-bond donors (Lipinski definition) is 1. The number of ether oxygens (including phenoxy) is 2. The third-order valence-electron chi connectivity index (χ3n) is 6.75. The third kappa shape index (κ3) is 5.05. The summed E-state index contributed by atoms with van der Waals surface area (Å²) in [7, 11) is 0. The molecule has 0 aliphatic carbocycles. The van der Waals surface area contributed by atoms with Gasteiger partial charge in [0.1, 0.15) is 35.2 Å². The van der Waals surface area contributed by atoms with Crippen molar-refractivity contribution in [3.63, 3.8) is 0 Å². The van der Waals surface area contributed by atoms with Gasteiger partial charge in [-0.1, -0.05) is 6.07 Å². The molecule has 0 spiro atoms. The number of benzene rings is 2. The van der Waals surface area contributed by atoms with Gasteiger partial charge in [-0.2, -0.15) is 5.10 Å². The smallest absolute Gasteiger partial charge is 0.164 e. The van der Waals surface area contributed by atoms with E-state index in [4.69, 9.17) is 20.3 Å². The number of nitrogen functional groups attached to an aromatic ring is 1. The van der Waals surface area contributed by atoms with Gasteiger partial charge in [-0.05, 0) is 79.8 Å². The van der Waals surface area contributed by atoms with Crippen LogP contribution >= 0.6 is 0 Å². The SMILES string of the molecule is Nc1ncnc2c1c(-c1ccc(Oc3cc(F)cc(CCc4ccccn4)c3)cc1)nn2C1CCOCC1. The monoisotopic (exact) mass is 510 g/mol. The number of aryl methyl sites for hydroxylation is 2. The summed E-state index contributed by atoms with van der Waals surface area (Å²) < 4.78 is 27.8. The Kier molecular flexibility index (Phi) is 6.66. The quantitative estimate of drug-likeness (QED) is 0.307. The van der Waals surface area contributed by atoms with Crippen molar-refractivity contribution in [2.24, 2.45) is 0 Å². The Morgan fingerprint density at radius 1 is 0.947 bits per heavy atom. The maximum absolute atomic E-state index is 14.3. The Morgan fingerprint density at radius 2 is 1.79 bits per heavy atom. The molecule has 9 heteroatoms. The van der Waals surface area contributed by atoms with Gasteiger partial charge in [0.15, 0.2) is 5.65 Å². The van der Waals surface area contributed by atoms with Crippen LogP contribution in [-0.4, -0.2) is 37.9 Å². The molecule has 0 bridgehead atoms. The fourth-order valence-corrected chi connectivity index (χ4v) is 4.84. The van der Waals surface area contributed by atoms with Crippen molar-refractivity contribution in [1.82, 2.24) is 24.7 Å². The minimum Gasteiger partial charge on any atom is -0.457 e. The molecule has 8 nitrogen and oxygen atoms in total. The minimum atomic E-state index is -0.337. The van der Waals surface area contributed by atoms with E-state index in [2.05, 4.69) is 15.0 Å². The molecule has 5 aromatic rings. The van der Waals surface area contributed by atoms with Crippen molar-refractivity contribution in [3.05, 3.63) is 90.3 Å². The first-order chi connectivity index (χ1) is 18.6. The molecule has 4 heterocycles. The van der Waals surface area contributed by atoms with E-state index in [1.54, 1.807) is 6.20 Å². The van der Waals surface area contributed by atoms with Crippen molar-refractivity contribution in [2.75, 3.05) is 18.9 Å². The van der Waals surface area contributed by atoms with Crippen LogP contribution in [0.5, 0.6) is 11.5 Å². The zero-order chi connectivity index (χ0) is 25.9. The van der Waals surface area contributed by atoms with E-state index in [0.29, 0.717) is 37.0 Å². The van der Waals surface area contributed by atoms with E-state index < -0.39 is 0 Å². The highest BCUT2D eigenvalue weighted by Crippen LogP contribution is 2.35. The standard InChI is InChI=1S/C29H27FN6O2/c30-21-15-19(4-7-22-3-1-2-12-32-22)16-25(17-21)38-24-8-5-20(6-9-24)27-26-28(31)33-18-34-29(26)36(35-27)23-10-13-37-14-11-23/h1-3,5-6,8-9,12,15-18,23H,4,7,10-11,13-14H2,(H2,31,33,34). The number of hydrogen-bond acceptors (Lipinski definition) is 7. The van der Waals surface area contributed by atoms with Crippen LogP contribution in [0.4, 0.5) is 10.2 Å². The summed E-state index contributed by atoms with van der Waals surface area (Å²) >= 11 is 0. The summed E-state index contributed by atoms with van der Waals surface area (Å²) in [4.78, 5) is 13.0. The van der Waals surface area contributed by atoms with E-state index in [9.17, 15) is 4.39 Å². The molecular weight excluding hydrogens is 483 g/mol. The predicted molar refractivity (Wildman–Crippen MR) is 142 cm³/mol.